The van der Waals surface area contributed by atoms with Gasteiger partial charge in [-0.2, -0.15) is 0 Å². The molecule has 4 rings (SSSR count). The van der Waals surface area contributed by atoms with Gasteiger partial charge in [-0.3, -0.25) is 14.7 Å². The van der Waals surface area contributed by atoms with Crippen LogP contribution in [0.5, 0.6) is 0 Å². The number of nitrogens with one attached hydrogen (secondary N) is 3. The number of hydrogen-bond donors (Lipinski definition) is 3. The topological polar surface area (TPSA) is 91.0 Å². The first-order chi connectivity index (χ1) is 22.1. The fraction of sp³-hybridized carbons (Fsp3) is 0.405. The number of amides is 1. The molecule has 46 heavy (non-hydrogen) atoms. The summed E-state index contributed by atoms with van der Waals surface area (Å²) in [6, 6.07) is 19.4. The number of rotatable bonds is 16. The van der Waals surface area contributed by atoms with Crippen LogP contribution in [0.1, 0.15) is 61.6 Å². The summed E-state index contributed by atoms with van der Waals surface area (Å²) in [7, 11) is 0. The van der Waals surface area contributed by atoms with Crippen LogP contribution in [0, 0.1) is 6.92 Å². The Morgan fingerprint density at radius 1 is 0.957 bits per heavy atom. The van der Waals surface area contributed by atoms with E-state index < -0.39 is 5.60 Å². The van der Waals surface area contributed by atoms with Crippen molar-refractivity contribution in [3.05, 3.63) is 109 Å². The second-order valence-electron chi connectivity index (χ2n) is 12.7. The molecule has 1 aliphatic rings. The number of benzene rings is 2. The number of aryl methyl sites for hydroxylation is 1. The Morgan fingerprint density at radius 3 is 2.37 bits per heavy atom. The Balaban J connectivity index is 1.36. The predicted octanol–water partition coefficient (Wildman–Crippen LogP) is 7.23. The van der Waals surface area contributed by atoms with E-state index >= 15 is 0 Å². The normalized spacial score (nSPS) is 13.5. The van der Waals surface area contributed by atoms with Crippen molar-refractivity contribution in [3.8, 4) is 0 Å². The molecule has 9 nitrogen and oxygen atoms in total. The van der Waals surface area contributed by atoms with Crippen molar-refractivity contribution in [2.75, 3.05) is 55.3 Å². The van der Waals surface area contributed by atoms with E-state index in [1.54, 1.807) is 12.3 Å². The van der Waals surface area contributed by atoms with Gasteiger partial charge < -0.3 is 30.3 Å². The molecule has 0 saturated carbocycles. The third kappa shape index (κ3) is 11.5. The third-order valence-corrected chi connectivity index (χ3v) is 7.50. The highest BCUT2D eigenvalue weighted by molar-refractivity contribution is 6.04. The first-order valence-electron chi connectivity index (χ1n) is 16.1. The number of ether oxygens (including phenoxy) is 2. The summed E-state index contributed by atoms with van der Waals surface area (Å²) in [5.41, 5.74) is 4.42. The minimum Gasteiger partial charge on any atom is -0.474 e. The highest BCUT2D eigenvalue weighted by Crippen LogP contribution is 2.25. The van der Waals surface area contributed by atoms with Crippen LogP contribution in [0.25, 0.3) is 0 Å². The Labute approximate surface area is 274 Å². The van der Waals surface area contributed by atoms with E-state index in [-0.39, 0.29) is 5.91 Å². The van der Waals surface area contributed by atoms with Gasteiger partial charge in [-0.15, -0.1) is 0 Å². The molecule has 2 aromatic carbocycles. The summed E-state index contributed by atoms with van der Waals surface area (Å²) in [5.74, 6) is 0.935. The fourth-order valence-corrected chi connectivity index (χ4v) is 5.22. The molecule has 0 bridgehead atoms. The van der Waals surface area contributed by atoms with Gasteiger partial charge in [0, 0.05) is 38.1 Å². The third-order valence-electron chi connectivity index (χ3n) is 7.50. The van der Waals surface area contributed by atoms with Crippen LogP contribution < -0.4 is 16.0 Å². The van der Waals surface area contributed by atoms with Gasteiger partial charge in [-0.05, 0) is 95.1 Å². The van der Waals surface area contributed by atoms with Gasteiger partial charge in [0.15, 0.2) is 5.88 Å². The second-order valence-corrected chi connectivity index (χ2v) is 12.7. The molecule has 0 spiro atoms. The fourth-order valence-electron chi connectivity index (χ4n) is 5.22. The maximum absolute atomic E-state index is 13.2. The zero-order valence-electron chi connectivity index (χ0n) is 27.9. The Hall–Kier alpha value is -4.34. The van der Waals surface area contributed by atoms with E-state index in [0.29, 0.717) is 29.5 Å². The second kappa shape index (κ2) is 16.8. The number of pyridine rings is 1. The maximum Gasteiger partial charge on any atom is 0.274 e. The van der Waals surface area contributed by atoms with Crippen molar-refractivity contribution in [1.82, 2.24) is 14.8 Å². The van der Waals surface area contributed by atoms with E-state index in [1.165, 1.54) is 5.56 Å². The lowest BCUT2D eigenvalue weighted by Gasteiger charge is -2.28. The first kappa shape index (κ1) is 34.5. The molecular formula is C37H50N6O3. The predicted molar refractivity (Wildman–Crippen MR) is 188 cm³/mol. The number of morpholine rings is 1. The van der Waals surface area contributed by atoms with Gasteiger partial charge in [-0.25, -0.2) is 0 Å². The number of hydrogen-bond acceptors (Lipinski definition) is 8. The van der Waals surface area contributed by atoms with Crippen LogP contribution in [0.2, 0.25) is 0 Å². The quantitative estimate of drug-likeness (QED) is 0.113. The van der Waals surface area contributed by atoms with Crippen LogP contribution in [-0.4, -0.2) is 65.7 Å². The Bertz CT molecular complexity index is 1440. The van der Waals surface area contributed by atoms with E-state index in [0.717, 1.165) is 75.7 Å². The van der Waals surface area contributed by atoms with Crippen molar-refractivity contribution >= 4 is 23.0 Å². The molecule has 9 heteroatoms. The standard InChI is InChI=1S/C37H50N6O3/c1-28-13-12-14-32(25-28)39-29(2)43(20-11-7-10-19-42-21-23-45-24-22-42)27-31-17-18-35(38-26-31)36(44)41-34-16-9-8-15-33(34)40-30(3)46-37(4,5)6/h8-9,12-18,25-26,39-40H,2-3,7,10-11,19-24,27H2,1,4-6H3,(H,41,44). The highest BCUT2D eigenvalue weighted by atomic mass is 16.5. The maximum atomic E-state index is 13.2. The molecule has 246 valence electrons. The molecule has 1 saturated heterocycles. The summed E-state index contributed by atoms with van der Waals surface area (Å²) in [6.45, 7) is 22.6. The van der Waals surface area contributed by atoms with Gasteiger partial charge in [0.25, 0.3) is 5.91 Å². The lowest BCUT2D eigenvalue weighted by molar-refractivity contribution is 0.0371. The molecule has 1 amide bonds. The summed E-state index contributed by atoms with van der Waals surface area (Å²) < 4.78 is 11.3. The van der Waals surface area contributed by atoms with Gasteiger partial charge in [0.1, 0.15) is 11.3 Å². The van der Waals surface area contributed by atoms with Crippen molar-refractivity contribution in [2.45, 2.75) is 59.1 Å². The van der Waals surface area contributed by atoms with Crippen molar-refractivity contribution in [1.29, 1.82) is 0 Å². The van der Waals surface area contributed by atoms with Gasteiger partial charge >= 0.3 is 0 Å². The SMILES string of the molecule is C=C(Nc1ccccc1NC(=O)c1ccc(CN(CCCCCN2CCOCC2)C(=C)Nc2cccc(C)c2)cn1)OC(C)(C)C. The van der Waals surface area contributed by atoms with Gasteiger partial charge in [0.2, 0.25) is 0 Å². The molecular weight excluding hydrogens is 576 g/mol. The summed E-state index contributed by atoms with van der Waals surface area (Å²) in [4.78, 5) is 22.4. The molecule has 3 aromatic rings. The molecule has 1 aromatic heterocycles. The number of aromatic nitrogens is 1. The summed E-state index contributed by atoms with van der Waals surface area (Å²) in [6.07, 6.45) is 5.11. The minimum absolute atomic E-state index is 0.300. The minimum atomic E-state index is -0.393. The smallest absolute Gasteiger partial charge is 0.274 e. The number of anilines is 3. The highest BCUT2D eigenvalue weighted by Gasteiger charge is 2.16. The summed E-state index contributed by atoms with van der Waals surface area (Å²) >= 11 is 0. The molecule has 3 N–H and O–H groups in total. The lowest BCUT2D eigenvalue weighted by atomic mass is 10.2. The van der Waals surface area contributed by atoms with Crippen LogP contribution in [0.15, 0.2) is 91.7 Å². The average molecular weight is 627 g/mol. The van der Waals surface area contributed by atoms with E-state index in [9.17, 15) is 4.79 Å². The van der Waals surface area contributed by atoms with Crippen LogP contribution in [0.3, 0.4) is 0 Å². The zero-order chi connectivity index (χ0) is 32.9. The van der Waals surface area contributed by atoms with Crippen LogP contribution >= 0.6 is 0 Å². The zero-order valence-corrected chi connectivity index (χ0v) is 27.9. The van der Waals surface area contributed by atoms with E-state index in [4.69, 9.17) is 9.47 Å². The molecule has 0 aliphatic carbocycles. The molecule has 0 atom stereocenters. The van der Waals surface area contributed by atoms with Crippen LogP contribution in [-0.2, 0) is 16.0 Å². The van der Waals surface area contributed by atoms with Crippen molar-refractivity contribution < 1.29 is 14.3 Å². The molecule has 1 fully saturated rings. The van der Waals surface area contributed by atoms with Gasteiger partial charge in [0.05, 0.1) is 30.4 Å². The molecule has 0 unspecified atom stereocenters. The van der Waals surface area contributed by atoms with Gasteiger partial charge in [-0.1, -0.05) is 43.3 Å². The summed E-state index contributed by atoms with van der Waals surface area (Å²) in [5, 5.41) is 9.60. The van der Waals surface area contributed by atoms with Crippen molar-refractivity contribution in [3.63, 3.8) is 0 Å². The number of nitrogens with zero attached hydrogens (tertiary/aromatic N) is 3. The number of carbonyl (C=O) groups is 1. The first-order valence-corrected chi connectivity index (χ1v) is 16.1. The van der Waals surface area contributed by atoms with E-state index in [2.05, 4.69) is 69.0 Å². The number of carbonyl (C=O) groups excluding carboxylic acids is 1. The largest absolute Gasteiger partial charge is 0.474 e. The molecule has 0 radical (unpaired) electrons. The van der Waals surface area contributed by atoms with Crippen LogP contribution in [0.4, 0.5) is 17.1 Å². The Kier molecular flexibility index (Phi) is 12.6. The molecule has 2 heterocycles. The van der Waals surface area contributed by atoms with Crippen molar-refractivity contribution in [2.24, 2.45) is 0 Å². The average Bonchev–Trinajstić information content (AvgIpc) is 3.01. The number of para-hydroxylation sites is 2. The Morgan fingerprint density at radius 2 is 1.70 bits per heavy atom. The van der Waals surface area contributed by atoms with E-state index in [1.807, 2.05) is 57.2 Å². The monoisotopic (exact) mass is 626 g/mol. The number of unbranched alkanes of at least 4 members (excludes halogenated alkanes) is 2. The lowest BCUT2D eigenvalue weighted by Crippen LogP contribution is -2.36. The molecule has 1 aliphatic heterocycles.